The molecule has 1 amide bonds. The predicted octanol–water partition coefficient (Wildman–Crippen LogP) is 3.61. The van der Waals surface area contributed by atoms with Crippen LogP contribution in [0.5, 0.6) is 0 Å². The lowest BCUT2D eigenvalue weighted by Crippen LogP contribution is -2.25. The number of carbonyl (C=O) groups excluding carboxylic acids is 1. The number of hydrogen-bond donors (Lipinski definition) is 1. The maximum Gasteiger partial charge on any atom is 0.251 e. The van der Waals surface area contributed by atoms with Crippen molar-refractivity contribution in [1.29, 1.82) is 0 Å². The minimum atomic E-state index is 0.0375. The van der Waals surface area contributed by atoms with Gasteiger partial charge in [-0.3, -0.25) is 4.79 Å². The number of carbonyl (C=O) groups is 1. The third-order valence-electron chi connectivity index (χ3n) is 3.32. The summed E-state index contributed by atoms with van der Waals surface area (Å²) in [5, 5.41) is 2.95. The van der Waals surface area contributed by atoms with E-state index in [1.54, 1.807) is 0 Å². The molecule has 0 unspecified atom stereocenters. The molecule has 1 N–H and O–H groups in total. The normalized spacial score (nSPS) is 10.2. The van der Waals surface area contributed by atoms with Gasteiger partial charge in [-0.05, 0) is 36.5 Å². The molecule has 0 heterocycles. The Morgan fingerprint density at radius 3 is 2.40 bits per heavy atom. The molecule has 0 fully saturated rings. The maximum absolute atomic E-state index is 12.1. The van der Waals surface area contributed by atoms with Gasteiger partial charge in [-0.15, -0.1) is 0 Å². The number of nitrogens with one attached hydrogen (secondary N) is 1. The molecule has 0 aliphatic rings. The Hall–Kier alpha value is -2.09. The molecule has 0 radical (unpaired) electrons. The van der Waals surface area contributed by atoms with Gasteiger partial charge in [0, 0.05) is 12.1 Å². The minimum Gasteiger partial charge on any atom is -0.352 e. The zero-order valence-electron chi connectivity index (χ0n) is 11.9. The zero-order valence-corrected chi connectivity index (χ0v) is 11.9. The van der Waals surface area contributed by atoms with Crippen LogP contribution in [0.15, 0.2) is 54.6 Å². The first-order valence-electron chi connectivity index (χ1n) is 7.21. The Kier molecular flexibility index (Phi) is 5.36. The molecule has 0 bridgehead atoms. The van der Waals surface area contributed by atoms with Crippen LogP contribution >= 0.6 is 0 Å². The van der Waals surface area contributed by atoms with E-state index < -0.39 is 0 Å². The molecule has 0 aromatic heterocycles. The van der Waals surface area contributed by atoms with Crippen molar-refractivity contribution in [3.05, 3.63) is 71.3 Å². The summed E-state index contributed by atoms with van der Waals surface area (Å²) >= 11 is 0. The van der Waals surface area contributed by atoms with Crippen LogP contribution in [0.4, 0.5) is 0 Å². The standard InChI is InChI=1S/C18H21NO/c1-2-14-19-18(20)17-11-7-6-10-16(17)13-12-15-8-4-3-5-9-15/h3-11H,2,12-14H2,1H3,(H,19,20). The van der Waals surface area contributed by atoms with E-state index in [2.05, 4.69) is 36.5 Å². The predicted molar refractivity (Wildman–Crippen MR) is 82.9 cm³/mol. The largest absolute Gasteiger partial charge is 0.352 e. The van der Waals surface area contributed by atoms with Crippen LogP contribution in [0.2, 0.25) is 0 Å². The second kappa shape index (κ2) is 7.49. The fraction of sp³-hybridized carbons (Fsp3) is 0.278. The van der Waals surface area contributed by atoms with E-state index in [4.69, 9.17) is 0 Å². The lowest BCUT2D eigenvalue weighted by Gasteiger charge is -2.09. The fourth-order valence-corrected chi connectivity index (χ4v) is 2.22. The molecule has 20 heavy (non-hydrogen) atoms. The quantitative estimate of drug-likeness (QED) is 0.851. The van der Waals surface area contributed by atoms with Crippen molar-refractivity contribution in [3.8, 4) is 0 Å². The van der Waals surface area contributed by atoms with Gasteiger partial charge >= 0.3 is 0 Å². The van der Waals surface area contributed by atoms with E-state index >= 15 is 0 Å². The van der Waals surface area contributed by atoms with Gasteiger partial charge in [0.1, 0.15) is 0 Å². The molecule has 0 atom stereocenters. The molecule has 2 rings (SSSR count). The van der Waals surface area contributed by atoms with Crippen molar-refractivity contribution >= 4 is 5.91 Å². The summed E-state index contributed by atoms with van der Waals surface area (Å²) in [4.78, 5) is 12.1. The average molecular weight is 267 g/mol. The van der Waals surface area contributed by atoms with Crippen LogP contribution in [0.1, 0.15) is 34.8 Å². The highest BCUT2D eigenvalue weighted by molar-refractivity contribution is 5.95. The summed E-state index contributed by atoms with van der Waals surface area (Å²) in [6, 6.07) is 18.2. The summed E-state index contributed by atoms with van der Waals surface area (Å²) in [7, 11) is 0. The van der Waals surface area contributed by atoms with Crippen LogP contribution in [-0.2, 0) is 12.8 Å². The Bertz CT molecular complexity index is 548. The number of rotatable bonds is 6. The fourth-order valence-electron chi connectivity index (χ4n) is 2.22. The van der Waals surface area contributed by atoms with Crippen molar-refractivity contribution in [2.24, 2.45) is 0 Å². The van der Waals surface area contributed by atoms with Gasteiger partial charge < -0.3 is 5.32 Å². The number of benzene rings is 2. The van der Waals surface area contributed by atoms with Crippen molar-refractivity contribution in [1.82, 2.24) is 5.32 Å². The monoisotopic (exact) mass is 267 g/mol. The van der Waals surface area contributed by atoms with Gasteiger partial charge in [-0.1, -0.05) is 55.5 Å². The molecule has 0 saturated heterocycles. The van der Waals surface area contributed by atoms with Crippen LogP contribution in [0, 0.1) is 0 Å². The zero-order chi connectivity index (χ0) is 14.2. The number of amides is 1. The van der Waals surface area contributed by atoms with Gasteiger partial charge in [-0.2, -0.15) is 0 Å². The Morgan fingerprint density at radius 1 is 0.950 bits per heavy atom. The molecule has 0 spiro atoms. The van der Waals surface area contributed by atoms with Crippen LogP contribution < -0.4 is 5.32 Å². The highest BCUT2D eigenvalue weighted by Crippen LogP contribution is 2.12. The number of hydrogen-bond acceptors (Lipinski definition) is 1. The number of aryl methyl sites for hydroxylation is 2. The van der Waals surface area contributed by atoms with Gasteiger partial charge in [0.25, 0.3) is 5.91 Å². The summed E-state index contributed by atoms with van der Waals surface area (Å²) in [6.45, 7) is 2.79. The Morgan fingerprint density at radius 2 is 1.65 bits per heavy atom. The Labute approximate surface area is 120 Å². The van der Waals surface area contributed by atoms with E-state index in [0.29, 0.717) is 0 Å². The van der Waals surface area contributed by atoms with Gasteiger partial charge in [0.2, 0.25) is 0 Å². The van der Waals surface area contributed by atoms with Gasteiger partial charge in [0.15, 0.2) is 0 Å². The SMILES string of the molecule is CCCNC(=O)c1ccccc1CCc1ccccc1. The molecule has 0 saturated carbocycles. The van der Waals surface area contributed by atoms with Crippen molar-refractivity contribution in [2.75, 3.05) is 6.54 Å². The molecule has 0 aliphatic carbocycles. The summed E-state index contributed by atoms with van der Waals surface area (Å²) in [6.07, 6.45) is 2.80. The third kappa shape index (κ3) is 3.95. The third-order valence-corrected chi connectivity index (χ3v) is 3.32. The van der Waals surface area contributed by atoms with Crippen LogP contribution in [-0.4, -0.2) is 12.5 Å². The average Bonchev–Trinajstić information content (AvgIpc) is 2.52. The first kappa shape index (κ1) is 14.3. The van der Waals surface area contributed by atoms with Crippen molar-refractivity contribution in [2.45, 2.75) is 26.2 Å². The molecule has 0 aliphatic heterocycles. The maximum atomic E-state index is 12.1. The Balaban J connectivity index is 2.06. The summed E-state index contributed by atoms with van der Waals surface area (Å²) in [5.41, 5.74) is 3.22. The molecule has 2 heteroatoms. The topological polar surface area (TPSA) is 29.1 Å². The summed E-state index contributed by atoms with van der Waals surface area (Å²) < 4.78 is 0. The molecule has 2 aromatic carbocycles. The van der Waals surface area contributed by atoms with E-state index in [0.717, 1.165) is 36.9 Å². The lowest BCUT2D eigenvalue weighted by atomic mass is 9.99. The van der Waals surface area contributed by atoms with Gasteiger partial charge in [0.05, 0.1) is 0 Å². The summed E-state index contributed by atoms with van der Waals surface area (Å²) in [5.74, 6) is 0.0375. The molecule has 2 nitrogen and oxygen atoms in total. The van der Waals surface area contributed by atoms with E-state index in [9.17, 15) is 4.79 Å². The highest BCUT2D eigenvalue weighted by atomic mass is 16.1. The van der Waals surface area contributed by atoms with E-state index in [1.165, 1.54) is 5.56 Å². The van der Waals surface area contributed by atoms with Crippen molar-refractivity contribution < 1.29 is 4.79 Å². The first-order valence-corrected chi connectivity index (χ1v) is 7.21. The van der Waals surface area contributed by atoms with Gasteiger partial charge in [-0.25, -0.2) is 0 Å². The lowest BCUT2D eigenvalue weighted by molar-refractivity contribution is 0.0952. The smallest absolute Gasteiger partial charge is 0.251 e. The second-order valence-corrected chi connectivity index (χ2v) is 4.90. The molecule has 104 valence electrons. The molecule has 2 aromatic rings. The van der Waals surface area contributed by atoms with Crippen LogP contribution in [0.3, 0.4) is 0 Å². The first-order chi connectivity index (χ1) is 9.81. The highest BCUT2D eigenvalue weighted by Gasteiger charge is 2.09. The molecular formula is C18H21NO. The second-order valence-electron chi connectivity index (χ2n) is 4.90. The van der Waals surface area contributed by atoms with Crippen molar-refractivity contribution in [3.63, 3.8) is 0 Å². The minimum absolute atomic E-state index is 0.0375. The van der Waals surface area contributed by atoms with E-state index in [-0.39, 0.29) is 5.91 Å². The van der Waals surface area contributed by atoms with Crippen LogP contribution in [0.25, 0.3) is 0 Å². The molecular weight excluding hydrogens is 246 g/mol. The van der Waals surface area contributed by atoms with E-state index in [1.807, 2.05) is 30.3 Å².